The minimum atomic E-state index is 0.589. The Labute approximate surface area is 140 Å². The molecule has 0 spiro atoms. The first-order valence-corrected chi connectivity index (χ1v) is 8.17. The summed E-state index contributed by atoms with van der Waals surface area (Å²) in [5.74, 6) is 0.589. The van der Waals surface area contributed by atoms with Crippen LogP contribution in [0.2, 0.25) is 0 Å². The summed E-state index contributed by atoms with van der Waals surface area (Å²) in [7, 11) is 0. The van der Waals surface area contributed by atoms with Crippen LogP contribution >= 0.6 is 0 Å². The van der Waals surface area contributed by atoms with E-state index >= 15 is 0 Å². The summed E-state index contributed by atoms with van der Waals surface area (Å²) in [5, 5.41) is 5.71. The predicted octanol–water partition coefficient (Wildman–Crippen LogP) is 5.05. The number of anilines is 2. The zero-order valence-electron chi connectivity index (χ0n) is 13.5. The number of benzene rings is 3. The molecule has 0 saturated heterocycles. The summed E-state index contributed by atoms with van der Waals surface area (Å²) in [6.45, 7) is 3.02. The summed E-state index contributed by atoms with van der Waals surface area (Å²) in [6, 6.07) is 18.1. The van der Waals surface area contributed by atoms with Gasteiger partial charge in [0.1, 0.15) is 5.52 Å². The van der Waals surface area contributed by atoms with Gasteiger partial charge >= 0.3 is 0 Å². The van der Waals surface area contributed by atoms with E-state index in [1.165, 1.54) is 0 Å². The van der Waals surface area contributed by atoms with E-state index in [1.54, 1.807) is 0 Å². The standard InChI is InChI=1S/C20H19N3O/c1-2-9-22-17-8-7-15(21)12-16(17)20-23-18-10-13-5-3-4-6-14(13)11-19(18)24-20/h3-8,10-12,22H,2,9,21H2,1H3. The summed E-state index contributed by atoms with van der Waals surface area (Å²) < 4.78 is 6.03. The molecule has 24 heavy (non-hydrogen) atoms. The van der Waals surface area contributed by atoms with Gasteiger partial charge in [-0.1, -0.05) is 31.2 Å². The first-order valence-electron chi connectivity index (χ1n) is 8.17. The molecule has 3 N–H and O–H groups in total. The maximum atomic E-state index is 6.03. The van der Waals surface area contributed by atoms with E-state index in [0.29, 0.717) is 11.6 Å². The highest BCUT2D eigenvalue weighted by atomic mass is 16.3. The Bertz CT molecular complexity index is 967. The van der Waals surface area contributed by atoms with Gasteiger partial charge in [-0.05, 0) is 47.5 Å². The molecule has 3 aromatic carbocycles. The number of nitrogens with one attached hydrogen (secondary N) is 1. The van der Waals surface area contributed by atoms with Gasteiger partial charge in [0.25, 0.3) is 0 Å². The van der Waals surface area contributed by atoms with Gasteiger partial charge in [0.2, 0.25) is 5.89 Å². The maximum Gasteiger partial charge on any atom is 0.229 e. The Hall–Kier alpha value is -3.01. The Balaban J connectivity index is 1.87. The lowest BCUT2D eigenvalue weighted by Crippen LogP contribution is -2.02. The van der Waals surface area contributed by atoms with E-state index in [4.69, 9.17) is 10.2 Å². The molecule has 0 fully saturated rings. The van der Waals surface area contributed by atoms with Gasteiger partial charge in [-0.15, -0.1) is 0 Å². The molecule has 0 saturated carbocycles. The van der Waals surface area contributed by atoms with E-state index in [0.717, 1.165) is 46.1 Å². The fourth-order valence-corrected chi connectivity index (χ4v) is 2.88. The summed E-state index contributed by atoms with van der Waals surface area (Å²) in [6.07, 6.45) is 1.04. The lowest BCUT2D eigenvalue weighted by Gasteiger charge is -2.09. The highest BCUT2D eigenvalue weighted by molar-refractivity contribution is 5.95. The molecule has 0 radical (unpaired) electrons. The molecule has 4 nitrogen and oxygen atoms in total. The molecule has 0 atom stereocenters. The minimum Gasteiger partial charge on any atom is -0.436 e. The molecule has 0 unspecified atom stereocenters. The fraction of sp³-hybridized carbons (Fsp3) is 0.150. The van der Waals surface area contributed by atoms with E-state index in [9.17, 15) is 0 Å². The number of nitrogen functional groups attached to an aromatic ring is 1. The first-order chi connectivity index (χ1) is 11.7. The molecule has 1 aromatic heterocycles. The highest BCUT2D eigenvalue weighted by Gasteiger charge is 2.13. The van der Waals surface area contributed by atoms with E-state index in [-0.39, 0.29) is 0 Å². The van der Waals surface area contributed by atoms with Crippen LogP contribution < -0.4 is 11.1 Å². The van der Waals surface area contributed by atoms with Gasteiger partial charge in [0.05, 0.1) is 5.56 Å². The van der Waals surface area contributed by atoms with Crippen LogP contribution in [0.25, 0.3) is 33.3 Å². The molecule has 4 aromatic rings. The molecular formula is C20H19N3O. The number of hydrogen-bond donors (Lipinski definition) is 2. The van der Waals surface area contributed by atoms with Crippen molar-refractivity contribution in [1.29, 1.82) is 0 Å². The van der Waals surface area contributed by atoms with Crippen LogP contribution in [0.15, 0.2) is 59.0 Å². The molecule has 4 heteroatoms. The van der Waals surface area contributed by atoms with Gasteiger partial charge < -0.3 is 15.5 Å². The third-order valence-corrected chi connectivity index (χ3v) is 4.10. The lowest BCUT2D eigenvalue weighted by atomic mass is 10.1. The number of aromatic nitrogens is 1. The minimum absolute atomic E-state index is 0.589. The van der Waals surface area contributed by atoms with E-state index in [2.05, 4.69) is 35.4 Å². The SMILES string of the molecule is CCCNc1ccc(N)cc1-c1nc2cc3ccccc3cc2o1. The molecule has 120 valence electrons. The van der Waals surface area contributed by atoms with Gasteiger partial charge in [-0.3, -0.25) is 0 Å². The van der Waals surface area contributed by atoms with E-state index in [1.807, 2.05) is 36.4 Å². The van der Waals surface area contributed by atoms with Gasteiger partial charge in [0, 0.05) is 17.9 Å². The predicted molar refractivity (Wildman–Crippen MR) is 100 cm³/mol. The second-order valence-corrected chi connectivity index (χ2v) is 5.92. The fourth-order valence-electron chi connectivity index (χ4n) is 2.88. The van der Waals surface area contributed by atoms with Crippen LogP contribution in [-0.2, 0) is 0 Å². The number of nitrogens with two attached hydrogens (primary N) is 1. The molecule has 0 amide bonds. The second kappa shape index (κ2) is 5.89. The lowest BCUT2D eigenvalue weighted by molar-refractivity contribution is 0.620. The van der Waals surface area contributed by atoms with Crippen LogP contribution in [-0.4, -0.2) is 11.5 Å². The van der Waals surface area contributed by atoms with Crippen molar-refractivity contribution in [2.24, 2.45) is 0 Å². The van der Waals surface area contributed by atoms with Crippen LogP contribution in [0.1, 0.15) is 13.3 Å². The Morgan fingerprint density at radius 1 is 1.04 bits per heavy atom. The Morgan fingerprint density at radius 2 is 1.83 bits per heavy atom. The number of nitrogens with zero attached hydrogens (tertiary/aromatic N) is 1. The zero-order chi connectivity index (χ0) is 16.5. The smallest absolute Gasteiger partial charge is 0.229 e. The average molecular weight is 317 g/mol. The van der Waals surface area contributed by atoms with Crippen LogP contribution in [0, 0.1) is 0 Å². The van der Waals surface area contributed by atoms with Crippen molar-refractivity contribution in [2.45, 2.75) is 13.3 Å². The maximum absolute atomic E-state index is 6.03. The molecular weight excluding hydrogens is 298 g/mol. The highest BCUT2D eigenvalue weighted by Crippen LogP contribution is 2.33. The summed E-state index contributed by atoms with van der Waals surface area (Å²) in [5.41, 5.74) is 10.2. The molecule has 1 heterocycles. The molecule has 0 bridgehead atoms. The van der Waals surface area contributed by atoms with Crippen molar-refractivity contribution in [3.63, 3.8) is 0 Å². The van der Waals surface area contributed by atoms with Crippen LogP contribution in [0.5, 0.6) is 0 Å². The van der Waals surface area contributed by atoms with Crippen molar-refractivity contribution in [2.75, 3.05) is 17.6 Å². The van der Waals surface area contributed by atoms with Crippen LogP contribution in [0.3, 0.4) is 0 Å². The summed E-state index contributed by atoms with van der Waals surface area (Å²) >= 11 is 0. The normalized spacial score (nSPS) is 11.2. The topological polar surface area (TPSA) is 64.1 Å². The van der Waals surface area contributed by atoms with E-state index < -0.39 is 0 Å². The molecule has 0 aliphatic rings. The second-order valence-electron chi connectivity index (χ2n) is 5.92. The molecule has 0 aliphatic carbocycles. The number of rotatable bonds is 4. The number of fused-ring (bicyclic) bond motifs is 2. The number of hydrogen-bond acceptors (Lipinski definition) is 4. The van der Waals surface area contributed by atoms with Gasteiger partial charge in [0.15, 0.2) is 5.58 Å². The Morgan fingerprint density at radius 3 is 2.62 bits per heavy atom. The average Bonchev–Trinajstić information content (AvgIpc) is 3.01. The monoisotopic (exact) mass is 317 g/mol. The number of oxazole rings is 1. The Kier molecular flexibility index (Phi) is 3.58. The quantitative estimate of drug-likeness (QED) is 0.517. The van der Waals surface area contributed by atoms with Crippen molar-refractivity contribution in [3.8, 4) is 11.5 Å². The van der Waals surface area contributed by atoms with Crippen molar-refractivity contribution >= 4 is 33.2 Å². The first kappa shape index (κ1) is 14.6. The van der Waals surface area contributed by atoms with Gasteiger partial charge in [-0.25, -0.2) is 4.98 Å². The molecule has 0 aliphatic heterocycles. The third-order valence-electron chi connectivity index (χ3n) is 4.10. The molecule has 4 rings (SSSR count). The van der Waals surface area contributed by atoms with Gasteiger partial charge in [-0.2, -0.15) is 0 Å². The largest absolute Gasteiger partial charge is 0.436 e. The third kappa shape index (κ3) is 2.56. The summed E-state index contributed by atoms with van der Waals surface area (Å²) in [4.78, 5) is 4.68. The van der Waals surface area contributed by atoms with Crippen molar-refractivity contribution in [1.82, 2.24) is 4.98 Å². The van der Waals surface area contributed by atoms with Crippen molar-refractivity contribution < 1.29 is 4.42 Å². The van der Waals surface area contributed by atoms with Crippen molar-refractivity contribution in [3.05, 3.63) is 54.6 Å². The zero-order valence-corrected chi connectivity index (χ0v) is 13.5. The van der Waals surface area contributed by atoms with Crippen LogP contribution in [0.4, 0.5) is 11.4 Å².